The SMILES string of the molecule is Cc1nnc2ccc(N3CCC(n4nc(C(C)(C)C)ccc4=O)CC3)nn12. The van der Waals surface area contributed by atoms with Gasteiger partial charge in [0.25, 0.3) is 5.56 Å². The largest absolute Gasteiger partial charge is 0.355 e. The monoisotopic (exact) mass is 367 g/mol. The molecule has 4 heterocycles. The summed E-state index contributed by atoms with van der Waals surface area (Å²) < 4.78 is 3.44. The van der Waals surface area contributed by atoms with Gasteiger partial charge in [0.15, 0.2) is 11.5 Å². The van der Waals surface area contributed by atoms with Crippen molar-refractivity contribution in [3.8, 4) is 0 Å². The van der Waals surface area contributed by atoms with Crippen molar-refractivity contribution in [2.24, 2.45) is 0 Å². The zero-order chi connectivity index (χ0) is 19.2. The fourth-order valence-corrected chi connectivity index (χ4v) is 3.48. The predicted octanol–water partition coefficient (Wildman–Crippen LogP) is 2.13. The average molecular weight is 367 g/mol. The maximum Gasteiger partial charge on any atom is 0.267 e. The lowest BCUT2D eigenvalue weighted by Gasteiger charge is -2.33. The topological polar surface area (TPSA) is 81.2 Å². The highest BCUT2D eigenvalue weighted by Gasteiger charge is 2.25. The molecule has 0 aromatic carbocycles. The molecule has 8 heteroatoms. The van der Waals surface area contributed by atoms with Crippen LogP contribution in [0.25, 0.3) is 5.65 Å². The van der Waals surface area contributed by atoms with Crippen LogP contribution in [-0.2, 0) is 5.41 Å². The molecule has 1 fully saturated rings. The van der Waals surface area contributed by atoms with Gasteiger partial charge in [-0.3, -0.25) is 4.79 Å². The summed E-state index contributed by atoms with van der Waals surface area (Å²) >= 11 is 0. The number of aromatic nitrogens is 6. The summed E-state index contributed by atoms with van der Waals surface area (Å²) in [6, 6.07) is 7.53. The van der Waals surface area contributed by atoms with Crippen molar-refractivity contribution in [3.63, 3.8) is 0 Å². The highest BCUT2D eigenvalue weighted by molar-refractivity contribution is 5.46. The molecule has 1 aliphatic rings. The first-order valence-corrected chi connectivity index (χ1v) is 9.37. The van der Waals surface area contributed by atoms with E-state index in [0.717, 1.165) is 48.9 Å². The summed E-state index contributed by atoms with van der Waals surface area (Å²) in [4.78, 5) is 14.6. The van der Waals surface area contributed by atoms with E-state index in [-0.39, 0.29) is 17.0 Å². The van der Waals surface area contributed by atoms with Crippen LogP contribution < -0.4 is 10.5 Å². The number of piperidine rings is 1. The van der Waals surface area contributed by atoms with Crippen molar-refractivity contribution in [1.82, 2.24) is 29.6 Å². The molecule has 0 radical (unpaired) electrons. The van der Waals surface area contributed by atoms with Crippen LogP contribution in [-0.4, -0.2) is 42.7 Å². The Balaban J connectivity index is 1.53. The molecule has 27 heavy (non-hydrogen) atoms. The van der Waals surface area contributed by atoms with E-state index in [1.165, 1.54) is 0 Å². The van der Waals surface area contributed by atoms with E-state index < -0.39 is 0 Å². The van der Waals surface area contributed by atoms with Crippen LogP contribution in [0.1, 0.15) is 51.2 Å². The Morgan fingerprint density at radius 2 is 1.74 bits per heavy atom. The van der Waals surface area contributed by atoms with Crippen LogP contribution >= 0.6 is 0 Å². The standard InChI is InChI=1S/C19H25N7O/c1-13-20-21-16-6-7-17(23-25(13)16)24-11-9-14(10-12-24)26-18(27)8-5-15(22-26)19(2,3)4/h5-8,14H,9-12H2,1-4H3. The van der Waals surface area contributed by atoms with Crippen molar-refractivity contribution >= 4 is 11.5 Å². The number of nitrogens with zero attached hydrogens (tertiary/aromatic N) is 7. The number of aryl methyl sites for hydroxylation is 1. The second-order valence-corrected chi connectivity index (χ2v) is 8.18. The molecule has 142 valence electrons. The lowest BCUT2D eigenvalue weighted by atomic mass is 9.92. The molecule has 0 N–H and O–H groups in total. The van der Waals surface area contributed by atoms with Crippen LogP contribution in [0, 0.1) is 6.92 Å². The zero-order valence-corrected chi connectivity index (χ0v) is 16.3. The predicted molar refractivity (Wildman–Crippen MR) is 103 cm³/mol. The van der Waals surface area contributed by atoms with Gasteiger partial charge >= 0.3 is 0 Å². The maximum absolute atomic E-state index is 12.4. The van der Waals surface area contributed by atoms with E-state index >= 15 is 0 Å². The second kappa shape index (κ2) is 6.44. The Kier molecular flexibility index (Phi) is 4.20. The maximum atomic E-state index is 12.4. The van der Waals surface area contributed by atoms with Gasteiger partial charge in [-0.1, -0.05) is 20.8 Å². The zero-order valence-electron chi connectivity index (χ0n) is 16.3. The summed E-state index contributed by atoms with van der Waals surface area (Å²) in [5.41, 5.74) is 1.59. The Morgan fingerprint density at radius 1 is 1.00 bits per heavy atom. The van der Waals surface area contributed by atoms with E-state index in [1.807, 2.05) is 25.1 Å². The fraction of sp³-hybridized carbons (Fsp3) is 0.526. The molecule has 3 aromatic rings. The van der Waals surface area contributed by atoms with Gasteiger partial charge in [0.1, 0.15) is 5.82 Å². The second-order valence-electron chi connectivity index (χ2n) is 8.18. The van der Waals surface area contributed by atoms with Crippen LogP contribution in [0.4, 0.5) is 5.82 Å². The van der Waals surface area contributed by atoms with Crippen molar-refractivity contribution in [2.45, 2.75) is 52.0 Å². The Bertz CT molecular complexity index is 1020. The lowest BCUT2D eigenvalue weighted by Crippen LogP contribution is -2.39. The van der Waals surface area contributed by atoms with Crippen LogP contribution in [0.15, 0.2) is 29.1 Å². The average Bonchev–Trinajstić information content (AvgIpc) is 3.02. The van der Waals surface area contributed by atoms with Gasteiger partial charge in [-0.15, -0.1) is 15.3 Å². The molecule has 8 nitrogen and oxygen atoms in total. The number of rotatable bonds is 2. The minimum absolute atomic E-state index is 0.0268. The molecule has 0 aliphatic carbocycles. The first kappa shape index (κ1) is 17.6. The quantitative estimate of drug-likeness (QED) is 0.690. The molecule has 4 rings (SSSR count). The number of hydrogen-bond acceptors (Lipinski definition) is 6. The van der Waals surface area contributed by atoms with Gasteiger partial charge in [-0.2, -0.15) is 9.61 Å². The van der Waals surface area contributed by atoms with Gasteiger partial charge < -0.3 is 4.90 Å². The van der Waals surface area contributed by atoms with Crippen molar-refractivity contribution in [3.05, 3.63) is 46.1 Å². The Hall–Kier alpha value is -2.77. The van der Waals surface area contributed by atoms with Crippen LogP contribution in [0.3, 0.4) is 0 Å². The van der Waals surface area contributed by atoms with Crippen molar-refractivity contribution in [2.75, 3.05) is 18.0 Å². The van der Waals surface area contributed by atoms with Crippen molar-refractivity contribution < 1.29 is 0 Å². The summed E-state index contributed by atoms with van der Waals surface area (Å²) in [6.45, 7) is 9.89. The molecule has 1 saturated heterocycles. The third-order valence-electron chi connectivity index (χ3n) is 5.13. The minimum atomic E-state index is -0.0772. The molecule has 0 spiro atoms. The van der Waals surface area contributed by atoms with Crippen LogP contribution in [0.2, 0.25) is 0 Å². The molecule has 0 saturated carbocycles. The van der Waals surface area contributed by atoms with Crippen molar-refractivity contribution in [1.29, 1.82) is 0 Å². The molecule has 0 atom stereocenters. The number of hydrogen-bond donors (Lipinski definition) is 0. The Morgan fingerprint density at radius 3 is 2.44 bits per heavy atom. The third-order valence-corrected chi connectivity index (χ3v) is 5.13. The van der Waals surface area contributed by atoms with E-state index in [0.29, 0.717) is 0 Å². The lowest BCUT2D eigenvalue weighted by molar-refractivity contribution is 0.342. The van der Waals surface area contributed by atoms with E-state index in [4.69, 9.17) is 0 Å². The van der Waals surface area contributed by atoms with Crippen LogP contribution in [0.5, 0.6) is 0 Å². The van der Waals surface area contributed by atoms with E-state index in [9.17, 15) is 4.79 Å². The molecular formula is C19H25N7O. The van der Waals surface area contributed by atoms with Gasteiger partial charge in [-0.05, 0) is 38.0 Å². The summed E-state index contributed by atoms with van der Waals surface area (Å²) in [6.07, 6.45) is 1.72. The molecule has 0 bridgehead atoms. The van der Waals surface area contributed by atoms with Gasteiger partial charge in [0.05, 0.1) is 11.7 Å². The highest BCUT2D eigenvalue weighted by atomic mass is 16.1. The van der Waals surface area contributed by atoms with E-state index in [2.05, 4.69) is 46.1 Å². The van der Waals surface area contributed by atoms with Gasteiger partial charge in [-0.25, -0.2) is 4.68 Å². The number of anilines is 1. The van der Waals surface area contributed by atoms with E-state index in [1.54, 1.807) is 15.3 Å². The molecule has 3 aromatic heterocycles. The molecule has 1 aliphatic heterocycles. The minimum Gasteiger partial charge on any atom is -0.355 e. The normalized spacial score (nSPS) is 16.2. The molecule has 0 amide bonds. The number of fused-ring (bicyclic) bond motifs is 1. The first-order valence-electron chi connectivity index (χ1n) is 9.37. The third kappa shape index (κ3) is 3.31. The first-order chi connectivity index (χ1) is 12.8. The Labute approximate surface area is 157 Å². The molecule has 0 unspecified atom stereocenters. The summed E-state index contributed by atoms with van der Waals surface area (Å²) in [7, 11) is 0. The summed E-state index contributed by atoms with van der Waals surface area (Å²) in [5.74, 6) is 1.68. The summed E-state index contributed by atoms with van der Waals surface area (Å²) in [5, 5.41) is 17.5. The smallest absolute Gasteiger partial charge is 0.267 e. The highest BCUT2D eigenvalue weighted by Crippen LogP contribution is 2.25. The molecular weight excluding hydrogens is 342 g/mol. The fourth-order valence-electron chi connectivity index (χ4n) is 3.48. The van der Waals surface area contributed by atoms with Gasteiger partial charge in [0, 0.05) is 24.6 Å². The van der Waals surface area contributed by atoms with Gasteiger partial charge in [0.2, 0.25) is 0 Å².